The van der Waals surface area contributed by atoms with Crippen molar-refractivity contribution in [3.8, 4) is 5.75 Å². The topological polar surface area (TPSA) is 108 Å². The molecule has 164 valence electrons. The minimum Gasteiger partial charge on any atom is -0.466 e. The molecule has 0 radical (unpaired) electrons. The molecule has 0 N–H and O–H groups in total. The summed E-state index contributed by atoms with van der Waals surface area (Å²) in [5.74, 6) is -1.63. The minimum absolute atomic E-state index is 0.0261. The Bertz CT molecular complexity index is 1120. The summed E-state index contributed by atoms with van der Waals surface area (Å²) in [6, 6.07) is 12.4. The molecular formula is C21H21NO8S. The van der Waals surface area contributed by atoms with E-state index < -0.39 is 22.1 Å². The van der Waals surface area contributed by atoms with Crippen molar-refractivity contribution in [1.29, 1.82) is 0 Å². The molecule has 10 heteroatoms. The van der Waals surface area contributed by atoms with Crippen LogP contribution in [0.5, 0.6) is 5.75 Å². The number of hydrogen-bond acceptors (Lipinski definition) is 9. The summed E-state index contributed by atoms with van der Waals surface area (Å²) in [7, 11) is -1.82. The first-order valence-corrected chi connectivity index (χ1v) is 10.5. The van der Waals surface area contributed by atoms with Crippen LogP contribution in [-0.4, -0.2) is 47.9 Å². The summed E-state index contributed by atoms with van der Waals surface area (Å²) in [5, 5.41) is 0. The van der Waals surface area contributed by atoms with Crippen LogP contribution in [0.3, 0.4) is 0 Å². The second-order valence-electron chi connectivity index (χ2n) is 6.53. The maximum Gasteiger partial charge on any atom is 0.355 e. The third kappa shape index (κ3) is 4.70. The van der Waals surface area contributed by atoms with Crippen LogP contribution in [0.2, 0.25) is 0 Å². The fourth-order valence-corrected chi connectivity index (χ4v) is 3.90. The lowest BCUT2D eigenvalue weighted by Gasteiger charge is -2.32. The van der Waals surface area contributed by atoms with E-state index in [1.165, 1.54) is 43.4 Å². The Balaban J connectivity index is 2.07. The standard InChI is InChI=1S/C21H21NO8S/c1-14-8-10-15(11-9-14)31(25,26)30-18-7-5-4-6-17(18)22-13-29-12-16(20(23)27-2)19(22)21(24)28-3/h4-11H,12-13H2,1-3H3. The van der Waals surface area contributed by atoms with Crippen molar-refractivity contribution in [1.82, 2.24) is 0 Å². The van der Waals surface area contributed by atoms with Crippen molar-refractivity contribution in [3.63, 3.8) is 0 Å². The Hall–Kier alpha value is -3.37. The average molecular weight is 447 g/mol. The summed E-state index contributed by atoms with van der Waals surface area (Å²) in [6.07, 6.45) is 0. The highest BCUT2D eigenvalue weighted by atomic mass is 32.2. The summed E-state index contributed by atoms with van der Waals surface area (Å²) in [5.41, 5.74) is 0.911. The number of aryl methyl sites for hydroxylation is 1. The second kappa shape index (κ2) is 9.19. The first-order chi connectivity index (χ1) is 14.8. The highest BCUT2D eigenvalue weighted by Crippen LogP contribution is 2.35. The molecule has 2 aromatic carbocycles. The molecule has 0 aliphatic carbocycles. The Morgan fingerprint density at radius 2 is 1.61 bits per heavy atom. The number of benzene rings is 2. The van der Waals surface area contributed by atoms with Crippen LogP contribution in [0.15, 0.2) is 64.7 Å². The van der Waals surface area contributed by atoms with E-state index in [1.807, 2.05) is 6.92 Å². The third-order valence-corrected chi connectivity index (χ3v) is 5.75. The predicted molar refractivity (Wildman–Crippen MR) is 110 cm³/mol. The molecular weight excluding hydrogens is 426 g/mol. The Morgan fingerprint density at radius 3 is 2.26 bits per heavy atom. The monoisotopic (exact) mass is 447 g/mol. The van der Waals surface area contributed by atoms with Gasteiger partial charge in [0.25, 0.3) is 0 Å². The number of carbonyl (C=O) groups excluding carboxylic acids is 2. The molecule has 2 aromatic rings. The number of ether oxygens (including phenoxy) is 3. The van der Waals surface area contributed by atoms with E-state index >= 15 is 0 Å². The minimum atomic E-state index is -4.16. The first kappa shape index (κ1) is 22.3. The van der Waals surface area contributed by atoms with Crippen LogP contribution in [0.1, 0.15) is 5.56 Å². The van der Waals surface area contributed by atoms with Gasteiger partial charge in [-0.2, -0.15) is 8.42 Å². The zero-order valence-corrected chi connectivity index (χ0v) is 18.0. The maximum atomic E-state index is 12.8. The van der Waals surface area contributed by atoms with Crippen molar-refractivity contribution < 1.29 is 36.4 Å². The van der Waals surface area contributed by atoms with Crippen LogP contribution in [0.4, 0.5) is 5.69 Å². The highest BCUT2D eigenvalue weighted by molar-refractivity contribution is 7.87. The molecule has 0 unspecified atom stereocenters. The number of carbonyl (C=O) groups is 2. The first-order valence-electron chi connectivity index (χ1n) is 9.13. The van der Waals surface area contributed by atoms with Crippen molar-refractivity contribution in [2.45, 2.75) is 11.8 Å². The normalized spacial score (nSPS) is 14.2. The molecule has 1 aliphatic heterocycles. The summed E-state index contributed by atoms with van der Waals surface area (Å²) in [6.45, 7) is 1.52. The van der Waals surface area contributed by atoms with Gasteiger partial charge < -0.3 is 23.3 Å². The lowest BCUT2D eigenvalue weighted by molar-refractivity contribution is -0.140. The van der Waals surface area contributed by atoms with Crippen molar-refractivity contribution >= 4 is 27.7 Å². The van der Waals surface area contributed by atoms with E-state index in [0.29, 0.717) is 0 Å². The van der Waals surface area contributed by atoms with Gasteiger partial charge in [-0.15, -0.1) is 0 Å². The van der Waals surface area contributed by atoms with E-state index in [9.17, 15) is 18.0 Å². The zero-order valence-electron chi connectivity index (χ0n) is 17.2. The summed E-state index contributed by atoms with van der Waals surface area (Å²) in [4.78, 5) is 25.9. The third-order valence-electron chi connectivity index (χ3n) is 4.50. The van der Waals surface area contributed by atoms with E-state index in [1.54, 1.807) is 24.3 Å². The summed E-state index contributed by atoms with van der Waals surface area (Å²) >= 11 is 0. The van der Waals surface area contributed by atoms with Gasteiger partial charge in [0.2, 0.25) is 0 Å². The fourth-order valence-electron chi connectivity index (χ4n) is 2.96. The molecule has 1 aliphatic rings. The molecule has 9 nitrogen and oxygen atoms in total. The smallest absolute Gasteiger partial charge is 0.355 e. The molecule has 0 bridgehead atoms. The van der Waals surface area contributed by atoms with Gasteiger partial charge in [-0.05, 0) is 31.2 Å². The van der Waals surface area contributed by atoms with Crippen molar-refractivity contribution in [3.05, 3.63) is 65.4 Å². The van der Waals surface area contributed by atoms with Gasteiger partial charge in [-0.1, -0.05) is 29.8 Å². The van der Waals surface area contributed by atoms with Gasteiger partial charge >= 0.3 is 22.1 Å². The fraction of sp³-hybridized carbons (Fsp3) is 0.238. The van der Waals surface area contributed by atoms with Crippen LogP contribution in [-0.2, 0) is 33.9 Å². The quantitative estimate of drug-likeness (QED) is 0.486. The molecule has 0 fully saturated rings. The van der Waals surface area contributed by atoms with E-state index in [-0.39, 0.29) is 40.9 Å². The molecule has 31 heavy (non-hydrogen) atoms. The molecule has 0 atom stereocenters. The molecule has 0 saturated heterocycles. The number of nitrogens with zero attached hydrogens (tertiary/aromatic N) is 1. The van der Waals surface area contributed by atoms with Crippen LogP contribution < -0.4 is 9.08 Å². The van der Waals surface area contributed by atoms with Crippen LogP contribution in [0, 0.1) is 6.92 Å². The molecule has 3 rings (SSSR count). The molecule has 0 spiro atoms. The Kier molecular flexibility index (Phi) is 6.62. The number of methoxy groups -OCH3 is 2. The van der Waals surface area contributed by atoms with E-state index in [0.717, 1.165) is 5.56 Å². The average Bonchev–Trinajstić information content (AvgIpc) is 2.78. The number of anilines is 1. The summed E-state index contributed by atoms with van der Waals surface area (Å²) < 4.78 is 46.0. The molecule has 0 saturated carbocycles. The molecule has 0 aromatic heterocycles. The zero-order chi connectivity index (χ0) is 22.6. The number of para-hydroxylation sites is 2. The Labute approximate surface area is 179 Å². The van der Waals surface area contributed by atoms with Gasteiger partial charge in [0, 0.05) is 0 Å². The molecule has 0 amide bonds. The Morgan fingerprint density at radius 1 is 0.968 bits per heavy atom. The van der Waals surface area contributed by atoms with Gasteiger partial charge in [0.15, 0.2) is 5.75 Å². The second-order valence-corrected chi connectivity index (χ2v) is 8.08. The van der Waals surface area contributed by atoms with Gasteiger partial charge in [-0.3, -0.25) is 0 Å². The van der Waals surface area contributed by atoms with Crippen LogP contribution in [0.25, 0.3) is 0 Å². The van der Waals surface area contributed by atoms with Crippen molar-refractivity contribution in [2.24, 2.45) is 0 Å². The predicted octanol–water partition coefficient (Wildman–Crippen LogP) is 2.16. The number of esters is 2. The van der Waals surface area contributed by atoms with Gasteiger partial charge in [-0.25, -0.2) is 9.59 Å². The van der Waals surface area contributed by atoms with Gasteiger partial charge in [0.1, 0.15) is 17.3 Å². The van der Waals surface area contributed by atoms with Crippen molar-refractivity contribution in [2.75, 3.05) is 32.5 Å². The lowest BCUT2D eigenvalue weighted by atomic mass is 10.1. The maximum absolute atomic E-state index is 12.8. The van der Waals surface area contributed by atoms with E-state index in [2.05, 4.69) is 0 Å². The largest absolute Gasteiger partial charge is 0.466 e. The number of hydrogen-bond donors (Lipinski definition) is 0. The molecule has 1 heterocycles. The number of rotatable bonds is 6. The van der Waals surface area contributed by atoms with Crippen LogP contribution >= 0.6 is 0 Å². The highest BCUT2D eigenvalue weighted by Gasteiger charge is 2.34. The van der Waals surface area contributed by atoms with Gasteiger partial charge in [0.05, 0.1) is 32.1 Å². The van der Waals surface area contributed by atoms with E-state index in [4.69, 9.17) is 18.4 Å². The SMILES string of the molecule is COC(=O)C1=C(C(=O)OC)N(c2ccccc2OS(=O)(=O)c2ccc(C)cc2)COC1. The lowest BCUT2D eigenvalue weighted by Crippen LogP contribution is -2.39.